The van der Waals surface area contributed by atoms with Crippen LogP contribution in [0.15, 0.2) is 60.2 Å². The highest BCUT2D eigenvalue weighted by atomic mass is 16.1. The van der Waals surface area contributed by atoms with Crippen LogP contribution < -0.4 is 0 Å². The van der Waals surface area contributed by atoms with Gasteiger partial charge in [0.05, 0.1) is 0 Å². The summed E-state index contributed by atoms with van der Waals surface area (Å²) >= 11 is 0. The highest BCUT2D eigenvalue weighted by molar-refractivity contribution is 6.16. The smallest absolute Gasteiger partial charge is 0.200 e. The van der Waals surface area contributed by atoms with Gasteiger partial charge in [-0.05, 0) is 11.6 Å². The highest BCUT2D eigenvalue weighted by Crippen LogP contribution is 2.39. The average molecular weight is 252 g/mol. The molecule has 1 aliphatic rings. The molecular formula is C17H16O2. The zero-order valence-electron chi connectivity index (χ0n) is 11.1. The van der Waals surface area contributed by atoms with E-state index in [0.29, 0.717) is 5.57 Å². The van der Waals surface area contributed by atoms with E-state index in [2.05, 4.69) is 20.4 Å². The number of allylic oxidation sites excluding steroid dienone is 4. The summed E-state index contributed by atoms with van der Waals surface area (Å²) < 4.78 is 0. The first-order valence-corrected chi connectivity index (χ1v) is 6.21. The van der Waals surface area contributed by atoms with Crippen LogP contribution in [-0.4, -0.2) is 11.7 Å². The molecule has 19 heavy (non-hydrogen) atoms. The molecular weight excluding hydrogens is 236 g/mol. The first kappa shape index (κ1) is 13.3. The van der Waals surface area contributed by atoms with Gasteiger partial charge >= 0.3 is 0 Å². The molecule has 0 aliphatic heterocycles. The zero-order valence-corrected chi connectivity index (χ0v) is 11.1. The third kappa shape index (κ3) is 2.23. The Morgan fingerprint density at radius 3 is 2.42 bits per heavy atom. The van der Waals surface area contributed by atoms with Gasteiger partial charge in [0.15, 0.2) is 5.78 Å². The number of benzene rings is 1. The minimum atomic E-state index is -0.300. The van der Waals surface area contributed by atoms with Crippen molar-refractivity contribution in [1.82, 2.24) is 0 Å². The molecule has 0 radical (unpaired) electrons. The topological polar surface area (TPSA) is 34.1 Å². The summed E-state index contributed by atoms with van der Waals surface area (Å²) in [7, 11) is 0. The lowest BCUT2D eigenvalue weighted by atomic mass is 9.67. The quantitative estimate of drug-likeness (QED) is 0.599. The number of hydrogen-bond donors (Lipinski definition) is 0. The van der Waals surface area contributed by atoms with Crippen LogP contribution in [0.25, 0.3) is 0 Å². The third-order valence-corrected chi connectivity index (χ3v) is 3.77. The summed E-state index contributed by atoms with van der Waals surface area (Å²) in [4.78, 5) is 22.7. The second-order valence-electron chi connectivity index (χ2n) is 5.29. The van der Waals surface area contributed by atoms with E-state index in [9.17, 15) is 9.59 Å². The number of hydrogen-bond acceptors (Lipinski definition) is 2. The van der Waals surface area contributed by atoms with Crippen molar-refractivity contribution < 1.29 is 9.59 Å². The largest absolute Gasteiger partial charge is 0.288 e. The second-order valence-corrected chi connectivity index (χ2v) is 5.29. The van der Waals surface area contributed by atoms with Gasteiger partial charge in [-0.2, -0.15) is 0 Å². The lowest BCUT2D eigenvalue weighted by Gasteiger charge is -2.35. The minimum Gasteiger partial charge on any atom is -0.288 e. The molecule has 0 saturated carbocycles. The molecule has 0 aromatic heterocycles. The van der Waals surface area contributed by atoms with Crippen LogP contribution in [0, 0.1) is 5.92 Å². The van der Waals surface area contributed by atoms with E-state index in [0.717, 1.165) is 5.56 Å². The maximum Gasteiger partial charge on any atom is 0.200 e. The maximum absolute atomic E-state index is 12.0. The number of rotatable bonds is 2. The van der Waals surface area contributed by atoms with Crippen LogP contribution in [-0.2, 0) is 15.0 Å². The van der Waals surface area contributed by atoms with Crippen molar-refractivity contribution in [2.45, 2.75) is 19.3 Å². The predicted molar refractivity (Wildman–Crippen MR) is 75.5 cm³/mol. The fourth-order valence-electron chi connectivity index (χ4n) is 2.50. The molecule has 0 heterocycles. The number of Topliss-reactive ketones (excluding diaryl/α,β-unsaturated/α-hetero) is 1. The molecule has 0 amide bonds. The van der Waals surface area contributed by atoms with Gasteiger partial charge in [-0.1, -0.05) is 56.8 Å². The molecule has 2 rings (SSSR count). The Morgan fingerprint density at radius 2 is 1.84 bits per heavy atom. The molecule has 2 nitrogen and oxygen atoms in total. The average Bonchev–Trinajstić information content (AvgIpc) is 2.42. The molecule has 0 bridgehead atoms. The Kier molecular flexibility index (Phi) is 3.37. The van der Waals surface area contributed by atoms with Gasteiger partial charge in [0.25, 0.3) is 0 Å². The standard InChI is InChI=1S/C17H16O2/c1-12-15(10-9-13(11-18)16(12)19)17(2,3)14-7-5-4-6-8-14/h4-10,15H,1H2,2-3H3. The fourth-order valence-corrected chi connectivity index (χ4v) is 2.50. The molecule has 1 unspecified atom stereocenters. The first-order chi connectivity index (χ1) is 8.98. The van der Waals surface area contributed by atoms with E-state index < -0.39 is 0 Å². The fraction of sp³-hybridized carbons (Fsp3) is 0.235. The third-order valence-electron chi connectivity index (χ3n) is 3.77. The van der Waals surface area contributed by atoms with E-state index in [1.165, 1.54) is 0 Å². The number of ketones is 1. The van der Waals surface area contributed by atoms with Crippen LogP contribution in [0.2, 0.25) is 0 Å². The Hall–Kier alpha value is -2.18. The molecule has 2 heteroatoms. The van der Waals surface area contributed by atoms with Gasteiger partial charge in [-0.3, -0.25) is 4.79 Å². The van der Waals surface area contributed by atoms with Crippen molar-refractivity contribution in [3.63, 3.8) is 0 Å². The molecule has 96 valence electrons. The normalized spacial score (nSPS) is 19.5. The van der Waals surface area contributed by atoms with Crippen molar-refractivity contribution >= 4 is 11.7 Å². The monoisotopic (exact) mass is 252 g/mol. The van der Waals surface area contributed by atoms with Crippen molar-refractivity contribution in [1.29, 1.82) is 0 Å². The Balaban J connectivity index is 2.45. The van der Waals surface area contributed by atoms with E-state index in [4.69, 9.17) is 0 Å². The summed E-state index contributed by atoms with van der Waals surface area (Å²) in [5, 5.41) is 0. The zero-order chi connectivity index (χ0) is 14.0. The predicted octanol–water partition coefficient (Wildman–Crippen LogP) is 3.03. The number of carbonyl (C=O) groups is 1. The van der Waals surface area contributed by atoms with Crippen molar-refractivity contribution in [3.8, 4) is 0 Å². The molecule has 1 aliphatic carbocycles. The highest BCUT2D eigenvalue weighted by Gasteiger charge is 2.36. The van der Waals surface area contributed by atoms with Crippen molar-refractivity contribution in [3.05, 3.63) is 65.8 Å². The number of carbonyl (C=O) groups excluding carboxylic acids is 2. The Bertz CT molecular complexity index is 599. The van der Waals surface area contributed by atoms with Gasteiger partial charge < -0.3 is 0 Å². The molecule has 1 atom stereocenters. The molecule has 0 spiro atoms. The van der Waals surface area contributed by atoms with E-state index >= 15 is 0 Å². The van der Waals surface area contributed by atoms with Gasteiger partial charge in [0, 0.05) is 16.9 Å². The van der Waals surface area contributed by atoms with Gasteiger partial charge in [-0.15, -0.1) is 0 Å². The summed E-state index contributed by atoms with van der Waals surface area (Å²) in [5.41, 5.74) is 1.40. The summed E-state index contributed by atoms with van der Waals surface area (Å²) in [6.45, 7) is 8.02. The lowest BCUT2D eigenvalue weighted by molar-refractivity contribution is -0.112. The Morgan fingerprint density at radius 1 is 1.21 bits per heavy atom. The maximum atomic E-state index is 12.0. The van der Waals surface area contributed by atoms with Crippen LogP contribution in [0.4, 0.5) is 0 Å². The summed E-state index contributed by atoms with van der Waals surface area (Å²) in [6.07, 6.45) is 3.43. The molecule has 0 N–H and O–H groups in total. The van der Waals surface area contributed by atoms with E-state index in [1.807, 2.05) is 36.4 Å². The Labute approximate surface area is 113 Å². The second kappa shape index (κ2) is 4.83. The minimum absolute atomic E-state index is 0.0603. The first-order valence-electron chi connectivity index (χ1n) is 6.21. The lowest BCUT2D eigenvalue weighted by Crippen LogP contribution is -2.33. The molecule has 0 saturated heterocycles. The van der Waals surface area contributed by atoms with E-state index in [1.54, 1.807) is 12.0 Å². The summed E-state index contributed by atoms with van der Waals surface area (Å²) in [6, 6.07) is 9.99. The van der Waals surface area contributed by atoms with Gasteiger partial charge in [-0.25, -0.2) is 4.79 Å². The molecule has 0 fully saturated rings. The van der Waals surface area contributed by atoms with Crippen molar-refractivity contribution in [2.75, 3.05) is 0 Å². The van der Waals surface area contributed by atoms with Crippen LogP contribution >= 0.6 is 0 Å². The van der Waals surface area contributed by atoms with Gasteiger partial charge in [0.2, 0.25) is 0 Å². The molecule has 1 aromatic rings. The summed E-state index contributed by atoms with van der Waals surface area (Å²) in [5.74, 6) is 1.25. The van der Waals surface area contributed by atoms with Crippen LogP contribution in [0.5, 0.6) is 0 Å². The van der Waals surface area contributed by atoms with Crippen molar-refractivity contribution in [2.24, 2.45) is 5.92 Å². The van der Waals surface area contributed by atoms with Crippen LogP contribution in [0.1, 0.15) is 19.4 Å². The molecule has 1 aromatic carbocycles. The van der Waals surface area contributed by atoms with Crippen LogP contribution in [0.3, 0.4) is 0 Å². The van der Waals surface area contributed by atoms with Gasteiger partial charge in [0.1, 0.15) is 11.5 Å². The SMILES string of the molecule is C=C1C(=O)C(=C=O)C=CC1C(C)(C)c1ccccc1. The van der Waals surface area contributed by atoms with E-state index in [-0.39, 0.29) is 22.7 Å².